The zero-order valence-corrected chi connectivity index (χ0v) is 15.9. The number of carbonyl (C=O) groups is 2. The molecule has 1 atom stereocenters. The van der Waals surface area contributed by atoms with Gasteiger partial charge in [-0.1, -0.05) is 47.0 Å². The normalized spacial score (nSPS) is 13.0. The van der Waals surface area contributed by atoms with Crippen LogP contribution in [0, 0.1) is 11.3 Å². The van der Waals surface area contributed by atoms with E-state index in [0.717, 1.165) is 44.9 Å². The fourth-order valence-electron chi connectivity index (χ4n) is 2.23. The van der Waals surface area contributed by atoms with Gasteiger partial charge < -0.3 is 9.47 Å². The van der Waals surface area contributed by atoms with Crippen LogP contribution in [-0.4, -0.2) is 24.6 Å². The van der Waals surface area contributed by atoms with E-state index in [1.807, 2.05) is 0 Å². The van der Waals surface area contributed by atoms with Gasteiger partial charge in [-0.2, -0.15) is 0 Å². The number of hydrogen-bond donors (Lipinski definition) is 0. The van der Waals surface area contributed by atoms with Crippen molar-refractivity contribution in [2.24, 2.45) is 11.3 Å². The maximum absolute atomic E-state index is 12.4. The average Bonchev–Trinajstić information content (AvgIpc) is 2.48. The van der Waals surface area contributed by atoms with Crippen molar-refractivity contribution in [2.75, 3.05) is 6.61 Å². The minimum Gasteiger partial charge on any atom is -0.465 e. The molecule has 4 heteroatoms. The lowest BCUT2D eigenvalue weighted by Gasteiger charge is -2.25. The molecule has 4 nitrogen and oxygen atoms in total. The smallest absolute Gasteiger partial charge is 0.323 e. The summed E-state index contributed by atoms with van der Waals surface area (Å²) in [7, 11) is 0. The molecule has 0 radical (unpaired) electrons. The van der Waals surface area contributed by atoms with Crippen LogP contribution in [0.2, 0.25) is 0 Å². The van der Waals surface area contributed by atoms with Gasteiger partial charge in [-0.3, -0.25) is 9.59 Å². The second-order valence-corrected chi connectivity index (χ2v) is 7.26. The van der Waals surface area contributed by atoms with Crippen LogP contribution in [0.15, 0.2) is 0 Å². The third-order valence-corrected chi connectivity index (χ3v) is 3.94. The molecule has 0 aromatic rings. The third kappa shape index (κ3) is 8.97. The van der Waals surface area contributed by atoms with E-state index in [-0.39, 0.29) is 6.10 Å². The van der Waals surface area contributed by atoms with E-state index in [1.54, 1.807) is 13.8 Å². The fourth-order valence-corrected chi connectivity index (χ4v) is 2.23. The molecule has 0 saturated heterocycles. The molecule has 0 amide bonds. The van der Waals surface area contributed by atoms with Gasteiger partial charge in [0.1, 0.15) is 6.10 Å². The summed E-state index contributed by atoms with van der Waals surface area (Å²) in [5.74, 6) is -0.377. The van der Waals surface area contributed by atoms with Crippen LogP contribution in [0.1, 0.15) is 86.5 Å². The van der Waals surface area contributed by atoms with E-state index >= 15 is 0 Å². The minimum atomic E-state index is -1.24. The summed E-state index contributed by atoms with van der Waals surface area (Å²) < 4.78 is 10.8. The molecule has 0 rings (SSSR count). The zero-order chi connectivity index (χ0) is 17.9. The van der Waals surface area contributed by atoms with E-state index in [0.29, 0.717) is 12.5 Å². The van der Waals surface area contributed by atoms with Gasteiger partial charge in [0.2, 0.25) is 0 Å². The molecule has 0 aliphatic carbocycles. The molecule has 1 unspecified atom stereocenters. The average molecular weight is 328 g/mol. The number of esters is 2. The highest BCUT2D eigenvalue weighted by atomic mass is 16.6. The van der Waals surface area contributed by atoms with Crippen LogP contribution in [0.5, 0.6) is 0 Å². The maximum atomic E-state index is 12.4. The first-order chi connectivity index (χ1) is 10.8. The molecule has 0 fully saturated rings. The topological polar surface area (TPSA) is 52.6 Å². The minimum absolute atomic E-state index is 0.0968. The molecule has 0 aromatic carbocycles. The van der Waals surface area contributed by atoms with Gasteiger partial charge in [0.15, 0.2) is 5.41 Å². The summed E-state index contributed by atoms with van der Waals surface area (Å²) in [5.41, 5.74) is -1.24. The Bertz CT molecular complexity index is 347. The third-order valence-electron chi connectivity index (χ3n) is 3.94. The number of hydrogen-bond acceptors (Lipinski definition) is 4. The Balaban J connectivity index is 4.45. The van der Waals surface area contributed by atoms with Crippen LogP contribution in [-0.2, 0) is 19.1 Å². The van der Waals surface area contributed by atoms with E-state index < -0.39 is 17.4 Å². The molecule has 23 heavy (non-hydrogen) atoms. The van der Waals surface area contributed by atoms with Crippen molar-refractivity contribution in [3.05, 3.63) is 0 Å². The van der Waals surface area contributed by atoms with Crippen LogP contribution < -0.4 is 0 Å². The molecule has 136 valence electrons. The van der Waals surface area contributed by atoms with Crippen molar-refractivity contribution in [2.45, 2.75) is 92.6 Å². The lowest BCUT2D eigenvalue weighted by atomic mass is 9.93. The molecule has 0 aromatic heterocycles. The summed E-state index contributed by atoms with van der Waals surface area (Å²) in [4.78, 5) is 24.6. The molecule has 0 aliphatic rings. The van der Waals surface area contributed by atoms with Crippen molar-refractivity contribution in [1.82, 2.24) is 0 Å². The first kappa shape index (κ1) is 21.9. The molecule has 0 bridgehead atoms. The Morgan fingerprint density at radius 1 is 0.913 bits per heavy atom. The van der Waals surface area contributed by atoms with Gasteiger partial charge in [-0.05, 0) is 45.4 Å². The van der Waals surface area contributed by atoms with Gasteiger partial charge in [0, 0.05) is 0 Å². The molecule has 0 saturated carbocycles. The Morgan fingerprint density at radius 2 is 1.57 bits per heavy atom. The predicted molar refractivity (Wildman–Crippen MR) is 93.1 cm³/mol. The standard InChI is InChI=1S/C19H36O4/c1-7-9-13-16(11-8-2)23-18(21)19(5,6)17(20)22-14-10-12-15(3)4/h15-16H,7-14H2,1-6H3. The monoisotopic (exact) mass is 328 g/mol. The van der Waals surface area contributed by atoms with E-state index in [2.05, 4.69) is 27.7 Å². The molecular weight excluding hydrogens is 292 g/mol. The molecule has 0 spiro atoms. The van der Waals surface area contributed by atoms with Crippen LogP contribution in [0.25, 0.3) is 0 Å². The second kappa shape index (κ2) is 11.5. The first-order valence-corrected chi connectivity index (χ1v) is 9.13. The van der Waals surface area contributed by atoms with Crippen LogP contribution >= 0.6 is 0 Å². The highest BCUT2D eigenvalue weighted by Gasteiger charge is 2.40. The van der Waals surface area contributed by atoms with Crippen LogP contribution in [0.4, 0.5) is 0 Å². The van der Waals surface area contributed by atoms with Crippen molar-refractivity contribution in [3.63, 3.8) is 0 Å². The highest BCUT2D eigenvalue weighted by molar-refractivity contribution is 5.99. The second-order valence-electron chi connectivity index (χ2n) is 7.26. The Kier molecular flexibility index (Phi) is 10.9. The van der Waals surface area contributed by atoms with Gasteiger partial charge in [-0.25, -0.2) is 0 Å². The van der Waals surface area contributed by atoms with Crippen molar-refractivity contribution in [1.29, 1.82) is 0 Å². The summed E-state index contributed by atoms with van der Waals surface area (Å²) in [6, 6.07) is 0. The molecular formula is C19H36O4. The number of unbranched alkanes of at least 4 members (excludes halogenated alkanes) is 1. The van der Waals surface area contributed by atoms with Gasteiger partial charge in [0.05, 0.1) is 6.61 Å². The molecule has 0 aliphatic heterocycles. The lowest BCUT2D eigenvalue weighted by Crippen LogP contribution is -2.38. The summed E-state index contributed by atoms with van der Waals surface area (Å²) in [6.45, 7) is 12.0. The lowest BCUT2D eigenvalue weighted by molar-refractivity contribution is -0.173. The zero-order valence-electron chi connectivity index (χ0n) is 15.9. The van der Waals surface area contributed by atoms with Gasteiger partial charge >= 0.3 is 11.9 Å². The predicted octanol–water partition coefficient (Wildman–Crippen LogP) is 4.89. The van der Waals surface area contributed by atoms with Crippen molar-refractivity contribution < 1.29 is 19.1 Å². The summed E-state index contributed by atoms with van der Waals surface area (Å²) in [5, 5.41) is 0. The van der Waals surface area contributed by atoms with E-state index in [1.165, 1.54) is 0 Å². The molecule has 0 heterocycles. The molecule has 0 N–H and O–H groups in total. The SMILES string of the molecule is CCCCC(CCC)OC(=O)C(C)(C)C(=O)OCCCC(C)C. The number of carbonyl (C=O) groups excluding carboxylic acids is 2. The highest BCUT2D eigenvalue weighted by Crippen LogP contribution is 2.23. The fraction of sp³-hybridized carbons (Fsp3) is 0.895. The Morgan fingerprint density at radius 3 is 2.09 bits per heavy atom. The Labute approximate surface area is 142 Å². The largest absolute Gasteiger partial charge is 0.465 e. The number of ether oxygens (including phenoxy) is 2. The van der Waals surface area contributed by atoms with E-state index in [4.69, 9.17) is 9.47 Å². The quantitative estimate of drug-likeness (QED) is 0.291. The summed E-state index contributed by atoms with van der Waals surface area (Å²) >= 11 is 0. The maximum Gasteiger partial charge on any atom is 0.323 e. The van der Waals surface area contributed by atoms with Gasteiger partial charge in [-0.15, -0.1) is 0 Å². The van der Waals surface area contributed by atoms with Crippen LogP contribution in [0.3, 0.4) is 0 Å². The van der Waals surface area contributed by atoms with Gasteiger partial charge in [0.25, 0.3) is 0 Å². The number of rotatable bonds is 12. The van der Waals surface area contributed by atoms with Crippen molar-refractivity contribution >= 4 is 11.9 Å². The summed E-state index contributed by atoms with van der Waals surface area (Å²) in [6.07, 6.45) is 6.48. The van der Waals surface area contributed by atoms with E-state index in [9.17, 15) is 9.59 Å². The Hall–Kier alpha value is -1.06. The van der Waals surface area contributed by atoms with Crippen molar-refractivity contribution in [3.8, 4) is 0 Å². The first-order valence-electron chi connectivity index (χ1n) is 9.13.